The van der Waals surface area contributed by atoms with Crippen molar-refractivity contribution in [2.75, 3.05) is 6.54 Å². The molecule has 1 fully saturated rings. The molecular weight excluding hydrogens is 233 g/mol. The maximum atomic E-state index is 13.3. The van der Waals surface area contributed by atoms with E-state index in [4.69, 9.17) is 11.5 Å². The predicted molar refractivity (Wildman–Crippen MR) is 66.9 cm³/mol. The third-order valence-corrected chi connectivity index (χ3v) is 3.41. The summed E-state index contributed by atoms with van der Waals surface area (Å²) < 4.78 is 13.3. The van der Waals surface area contributed by atoms with Crippen LogP contribution in [0.4, 0.5) is 4.39 Å². The summed E-state index contributed by atoms with van der Waals surface area (Å²) in [6, 6.07) is 4.71. The molecule has 0 aromatic heterocycles. The second kappa shape index (κ2) is 5.46. The number of rotatable bonds is 4. The van der Waals surface area contributed by atoms with E-state index in [2.05, 4.69) is 0 Å². The minimum atomic E-state index is -0.284. The average Bonchev–Trinajstić information content (AvgIpc) is 2.80. The van der Waals surface area contributed by atoms with Crippen LogP contribution in [-0.2, 0) is 17.9 Å². The van der Waals surface area contributed by atoms with Crippen molar-refractivity contribution in [2.45, 2.75) is 32.0 Å². The number of carbonyl (C=O) groups excluding carboxylic acids is 1. The number of likely N-dealkylation sites (tertiary alicyclic amines) is 1. The molecular formula is C13H18FN3O. The van der Waals surface area contributed by atoms with Gasteiger partial charge in [-0.15, -0.1) is 0 Å². The Hall–Kier alpha value is -1.46. The van der Waals surface area contributed by atoms with Gasteiger partial charge in [-0.25, -0.2) is 4.39 Å². The highest BCUT2D eigenvalue weighted by atomic mass is 19.1. The molecule has 2 rings (SSSR count). The maximum Gasteiger partial charge on any atom is 0.234 e. The SMILES string of the molecule is NCc1cc(CN2CCCC2C(N)=O)ccc1F. The van der Waals surface area contributed by atoms with Crippen LogP contribution in [0.1, 0.15) is 24.0 Å². The highest BCUT2D eigenvalue weighted by Gasteiger charge is 2.28. The Morgan fingerprint density at radius 3 is 2.94 bits per heavy atom. The Morgan fingerprint density at radius 2 is 2.28 bits per heavy atom. The number of primary amides is 1. The molecule has 5 heteroatoms. The van der Waals surface area contributed by atoms with Crippen LogP contribution in [0.25, 0.3) is 0 Å². The van der Waals surface area contributed by atoms with Crippen LogP contribution in [-0.4, -0.2) is 23.4 Å². The number of carbonyl (C=O) groups is 1. The molecule has 1 aromatic rings. The van der Waals surface area contributed by atoms with Crippen molar-refractivity contribution in [1.29, 1.82) is 0 Å². The van der Waals surface area contributed by atoms with Crippen LogP contribution >= 0.6 is 0 Å². The van der Waals surface area contributed by atoms with E-state index in [1.807, 2.05) is 4.90 Å². The third kappa shape index (κ3) is 2.68. The van der Waals surface area contributed by atoms with Gasteiger partial charge in [0.25, 0.3) is 0 Å². The standard InChI is InChI=1S/C13H18FN3O/c14-11-4-3-9(6-10(11)7-15)8-17-5-1-2-12(17)13(16)18/h3-4,6,12H,1-2,5,7-8,15H2,(H2,16,18). The summed E-state index contributed by atoms with van der Waals surface area (Å²) in [4.78, 5) is 13.3. The first-order chi connectivity index (χ1) is 8.61. The van der Waals surface area contributed by atoms with E-state index in [0.717, 1.165) is 24.9 Å². The number of amides is 1. The molecule has 1 aliphatic heterocycles. The van der Waals surface area contributed by atoms with Crippen LogP contribution in [0.2, 0.25) is 0 Å². The van der Waals surface area contributed by atoms with Crippen LogP contribution < -0.4 is 11.5 Å². The minimum Gasteiger partial charge on any atom is -0.368 e. The minimum absolute atomic E-state index is 0.179. The van der Waals surface area contributed by atoms with Crippen LogP contribution in [0.5, 0.6) is 0 Å². The Bertz CT molecular complexity index is 450. The molecule has 0 aliphatic carbocycles. The Kier molecular flexibility index (Phi) is 3.93. The highest BCUT2D eigenvalue weighted by Crippen LogP contribution is 2.20. The second-order valence-electron chi connectivity index (χ2n) is 4.66. The van der Waals surface area contributed by atoms with Gasteiger partial charge >= 0.3 is 0 Å². The lowest BCUT2D eigenvalue weighted by molar-refractivity contribution is -0.122. The quantitative estimate of drug-likeness (QED) is 0.828. The van der Waals surface area contributed by atoms with Gasteiger partial charge in [-0.2, -0.15) is 0 Å². The third-order valence-electron chi connectivity index (χ3n) is 3.41. The summed E-state index contributed by atoms with van der Waals surface area (Å²) in [5.74, 6) is -0.567. The predicted octanol–water partition coefficient (Wildman–Crippen LogP) is 0.734. The number of nitrogens with zero attached hydrogens (tertiary/aromatic N) is 1. The molecule has 1 heterocycles. The van der Waals surface area contributed by atoms with Gasteiger partial charge in [0.05, 0.1) is 6.04 Å². The molecule has 0 bridgehead atoms. The van der Waals surface area contributed by atoms with Gasteiger partial charge < -0.3 is 11.5 Å². The van der Waals surface area contributed by atoms with Crippen molar-refractivity contribution in [2.24, 2.45) is 11.5 Å². The number of hydrogen-bond donors (Lipinski definition) is 2. The second-order valence-corrected chi connectivity index (χ2v) is 4.66. The van der Waals surface area contributed by atoms with E-state index >= 15 is 0 Å². The molecule has 4 N–H and O–H groups in total. The number of hydrogen-bond acceptors (Lipinski definition) is 3. The van der Waals surface area contributed by atoms with Crippen LogP contribution in [0, 0.1) is 5.82 Å². The number of benzene rings is 1. The van der Waals surface area contributed by atoms with Gasteiger partial charge in [-0.05, 0) is 31.0 Å². The van der Waals surface area contributed by atoms with Crippen LogP contribution in [0.15, 0.2) is 18.2 Å². The lowest BCUT2D eigenvalue weighted by atomic mass is 10.1. The molecule has 1 aromatic carbocycles. The van der Waals surface area contributed by atoms with Gasteiger partial charge in [0.2, 0.25) is 5.91 Å². The fourth-order valence-corrected chi connectivity index (χ4v) is 2.45. The van der Waals surface area contributed by atoms with Gasteiger partial charge in [0, 0.05) is 18.7 Å². The topological polar surface area (TPSA) is 72.3 Å². The Morgan fingerprint density at radius 1 is 1.50 bits per heavy atom. The summed E-state index contributed by atoms with van der Waals surface area (Å²) in [5.41, 5.74) is 12.3. The van der Waals surface area contributed by atoms with Crippen molar-refractivity contribution in [3.63, 3.8) is 0 Å². The van der Waals surface area contributed by atoms with Crippen molar-refractivity contribution in [3.8, 4) is 0 Å². The lowest BCUT2D eigenvalue weighted by Gasteiger charge is -2.22. The molecule has 1 aliphatic rings. The van der Waals surface area contributed by atoms with Crippen molar-refractivity contribution >= 4 is 5.91 Å². The molecule has 1 saturated heterocycles. The zero-order chi connectivity index (χ0) is 13.1. The molecule has 0 radical (unpaired) electrons. The Labute approximate surface area is 106 Å². The lowest BCUT2D eigenvalue weighted by Crippen LogP contribution is -2.39. The number of nitrogens with two attached hydrogens (primary N) is 2. The maximum absolute atomic E-state index is 13.3. The largest absolute Gasteiger partial charge is 0.368 e. The highest BCUT2D eigenvalue weighted by molar-refractivity contribution is 5.80. The fourth-order valence-electron chi connectivity index (χ4n) is 2.45. The fraction of sp³-hybridized carbons (Fsp3) is 0.462. The van der Waals surface area contributed by atoms with Crippen molar-refractivity contribution in [3.05, 3.63) is 35.1 Å². The molecule has 98 valence electrons. The normalized spacial score (nSPS) is 20.2. The summed E-state index contributed by atoms with van der Waals surface area (Å²) in [6.45, 7) is 1.64. The molecule has 0 saturated carbocycles. The molecule has 4 nitrogen and oxygen atoms in total. The zero-order valence-corrected chi connectivity index (χ0v) is 10.2. The summed E-state index contributed by atoms with van der Waals surface area (Å²) >= 11 is 0. The molecule has 1 amide bonds. The van der Waals surface area contributed by atoms with E-state index in [1.165, 1.54) is 6.07 Å². The summed E-state index contributed by atoms with van der Waals surface area (Å²) in [5, 5.41) is 0. The molecule has 0 spiro atoms. The van der Waals surface area contributed by atoms with Gasteiger partial charge in [-0.1, -0.05) is 12.1 Å². The van der Waals surface area contributed by atoms with Crippen LogP contribution in [0.3, 0.4) is 0 Å². The average molecular weight is 251 g/mol. The first-order valence-electron chi connectivity index (χ1n) is 6.12. The first kappa shape index (κ1) is 13.0. The van der Waals surface area contributed by atoms with E-state index in [9.17, 15) is 9.18 Å². The zero-order valence-electron chi connectivity index (χ0n) is 10.2. The van der Waals surface area contributed by atoms with Gasteiger partial charge in [-0.3, -0.25) is 9.69 Å². The van der Waals surface area contributed by atoms with Gasteiger partial charge in [0.1, 0.15) is 5.82 Å². The summed E-state index contributed by atoms with van der Waals surface area (Å²) in [7, 11) is 0. The number of halogens is 1. The molecule has 18 heavy (non-hydrogen) atoms. The first-order valence-corrected chi connectivity index (χ1v) is 6.12. The van der Waals surface area contributed by atoms with Crippen molar-refractivity contribution < 1.29 is 9.18 Å². The monoisotopic (exact) mass is 251 g/mol. The Balaban J connectivity index is 2.11. The van der Waals surface area contributed by atoms with E-state index < -0.39 is 0 Å². The van der Waals surface area contributed by atoms with E-state index in [1.54, 1.807) is 12.1 Å². The molecule has 1 unspecified atom stereocenters. The summed E-state index contributed by atoms with van der Waals surface area (Å²) in [6.07, 6.45) is 1.78. The van der Waals surface area contributed by atoms with E-state index in [-0.39, 0.29) is 24.3 Å². The smallest absolute Gasteiger partial charge is 0.234 e. The van der Waals surface area contributed by atoms with E-state index in [0.29, 0.717) is 12.1 Å². The van der Waals surface area contributed by atoms with Crippen molar-refractivity contribution in [1.82, 2.24) is 4.90 Å². The molecule has 1 atom stereocenters. The van der Waals surface area contributed by atoms with Gasteiger partial charge in [0.15, 0.2) is 0 Å².